The first-order valence-electron chi connectivity index (χ1n) is 6.82. The Morgan fingerprint density at radius 1 is 1.20 bits per heavy atom. The molecule has 0 radical (unpaired) electrons. The molecule has 2 aromatic heterocycles. The lowest BCUT2D eigenvalue weighted by Gasteiger charge is -2.11. The van der Waals surface area contributed by atoms with Crippen LogP contribution in [0.2, 0.25) is 0 Å². The molecule has 0 atom stereocenters. The minimum Gasteiger partial charge on any atom is -0.383 e. The Kier molecular flexibility index (Phi) is 2.78. The van der Waals surface area contributed by atoms with Crippen LogP contribution in [0.4, 0.5) is 5.82 Å². The zero-order valence-corrected chi connectivity index (χ0v) is 12.3. The Balaban J connectivity index is 2.36. The molecule has 0 bridgehead atoms. The number of nitrogen functional groups attached to an aromatic ring is 1. The molecule has 20 heavy (non-hydrogen) atoms. The largest absolute Gasteiger partial charge is 0.383 e. The summed E-state index contributed by atoms with van der Waals surface area (Å²) in [5, 5.41) is 12.8. The average molecular weight is 269 g/mol. The van der Waals surface area contributed by atoms with Crippen molar-refractivity contribution in [2.45, 2.75) is 34.1 Å². The molecule has 0 spiro atoms. The Bertz CT molecular complexity index is 771. The summed E-state index contributed by atoms with van der Waals surface area (Å²) in [7, 11) is 0. The normalized spacial score (nSPS) is 11.4. The molecular weight excluding hydrogens is 250 g/mol. The van der Waals surface area contributed by atoms with Crippen LogP contribution in [-0.4, -0.2) is 20.0 Å². The molecule has 5 heteroatoms. The maximum atomic E-state index is 5.97. The fourth-order valence-corrected chi connectivity index (χ4v) is 2.91. The topological polar surface area (TPSA) is 72.5 Å². The highest BCUT2D eigenvalue weighted by atomic mass is 15.4. The molecule has 0 aliphatic carbocycles. The number of hydrogen-bond donors (Lipinski definition) is 2. The molecule has 3 rings (SSSR count). The SMILES string of the molecule is CCc1nn(-c2c(C)cc(C)cc2C)c2n[nH]c(N)c12. The fraction of sp³-hybridized carbons (Fsp3) is 0.333. The highest BCUT2D eigenvalue weighted by Gasteiger charge is 2.18. The van der Waals surface area contributed by atoms with Gasteiger partial charge in [0.15, 0.2) is 5.65 Å². The van der Waals surface area contributed by atoms with Crippen molar-refractivity contribution in [1.29, 1.82) is 0 Å². The predicted octanol–water partition coefficient (Wildman–Crippen LogP) is 2.82. The Labute approximate surface area is 117 Å². The van der Waals surface area contributed by atoms with Gasteiger partial charge in [-0.15, -0.1) is 0 Å². The highest BCUT2D eigenvalue weighted by Crippen LogP contribution is 2.28. The van der Waals surface area contributed by atoms with E-state index in [0.717, 1.165) is 28.8 Å². The molecule has 0 saturated heterocycles. The van der Waals surface area contributed by atoms with Gasteiger partial charge in [0.25, 0.3) is 0 Å². The molecule has 5 nitrogen and oxygen atoms in total. The molecule has 0 fully saturated rings. The average Bonchev–Trinajstić information content (AvgIpc) is 2.90. The minimum absolute atomic E-state index is 0.588. The lowest BCUT2D eigenvalue weighted by molar-refractivity contribution is 0.833. The van der Waals surface area contributed by atoms with Gasteiger partial charge in [-0.3, -0.25) is 5.10 Å². The molecule has 1 aromatic carbocycles. The van der Waals surface area contributed by atoms with Gasteiger partial charge in [0.05, 0.1) is 16.8 Å². The van der Waals surface area contributed by atoms with Crippen LogP contribution in [-0.2, 0) is 6.42 Å². The fourth-order valence-electron chi connectivity index (χ4n) is 2.91. The van der Waals surface area contributed by atoms with Gasteiger partial charge >= 0.3 is 0 Å². The van der Waals surface area contributed by atoms with E-state index in [1.165, 1.54) is 16.7 Å². The van der Waals surface area contributed by atoms with Crippen molar-refractivity contribution in [3.63, 3.8) is 0 Å². The van der Waals surface area contributed by atoms with Crippen LogP contribution in [0.15, 0.2) is 12.1 Å². The van der Waals surface area contributed by atoms with E-state index in [0.29, 0.717) is 5.82 Å². The quantitative estimate of drug-likeness (QED) is 0.751. The van der Waals surface area contributed by atoms with Gasteiger partial charge in [0.1, 0.15) is 5.82 Å². The number of fused-ring (bicyclic) bond motifs is 1. The molecule has 0 amide bonds. The third-order valence-corrected chi connectivity index (χ3v) is 3.67. The van der Waals surface area contributed by atoms with Gasteiger partial charge in [-0.05, 0) is 38.3 Å². The Morgan fingerprint density at radius 3 is 2.45 bits per heavy atom. The van der Waals surface area contributed by atoms with Gasteiger partial charge in [0.2, 0.25) is 0 Å². The first-order valence-corrected chi connectivity index (χ1v) is 6.82. The molecule has 3 N–H and O–H groups in total. The van der Waals surface area contributed by atoms with E-state index in [1.54, 1.807) is 0 Å². The number of H-pyrrole nitrogens is 1. The van der Waals surface area contributed by atoms with E-state index in [2.05, 4.69) is 50.0 Å². The van der Waals surface area contributed by atoms with Crippen LogP contribution < -0.4 is 5.73 Å². The zero-order chi connectivity index (χ0) is 14.4. The van der Waals surface area contributed by atoms with Crippen molar-refractivity contribution in [2.24, 2.45) is 0 Å². The number of aryl methyl sites for hydroxylation is 4. The molecule has 0 aliphatic rings. The van der Waals surface area contributed by atoms with E-state index in [9.17, 15) is 0 Å². The van der Waals surface area contributed by atoms with Crippen molar-refractivity contribution in [1.82, 2.24) is 20.0 Å². The summed E-state index contributed by atoms with van der Waals surface area (Å²) in [5.74, 6) is 0.588. The molecule has 104 valence electrons. The van der Waals surface area contributed by atoms with E-state index in [4.69, 9.17) is 10.8 Å². The van der Waals surface area contributed by atoms with Crippen molar-refractivity contribution in [2.75, 3.05) is 5.73 Å². The number of benzene rings is 1. The lowest BCUT2D eigenvalue weighted by atomic mass is 10.1. The van der Waals surface area contributed by atoms with Gasteiger partial charge in [0, 0.05) is 0 Å². The number of nitrogens with zero attached hydrogens (tertiary/aromatic N) is 3. The Morgan fingerprint density at radius 2 is 1.85 bits per heavy atom. The number of anilines is 1. The van der Waals surface area contributed by atoms with Crippen molar-refractivity contribution < 1.29 is 0 Å². The van der Waals surface area contributed by atoms with Crippen LogP contribution in [0.5, 0.6) is 0 Å². The van der Waals surface area contributed by atoms with Crippen molar-refractivity contribution in [3.05, 3.63) is 34.5 Å². The number of nitrogens with one attached hydrogen (secondary N) is 1. The maximum absolute atomic E-state index is 5.97. The van der Waals surface area contributed by atoms with Crippen LogP contribution in [0, 0.1) is 20.8 Å². The van der Waals surface area contributed by atoms with Crippen LogP contribution in [0.1, 0.15) is 29.3 Å². The summed E-state index contributed by atoms with van der Waals surface area (Å²) in [5.41, 5.74) is 12.5. The molecule has 3 aromatic rings. The third-order valence-electron chi connectivity index (χ3n) is 3.67. The number of hydrogen-bond acceptors (Lipinski definition) is 3. The summed E-state index contributed by atoms with van der Waals surface area (Å²) in [4.78, 5) is 0. The summed E-state index contributed by atoms with van der Waals surface area (Å²) >= 11 is 0. The monoisotopic (exact) mass is 269 g/mol. The molecular formula is C15H19N5. The molecule has 0 aliphatic heterocycles. The predicted molar refractivity (Wildman–Crippen MR) is 81.2 cm³/mol. The summed E-state index contributed by atoms with van der Waals surface area (Å²) in [6.45, 7) is 8.38. The summed E-state index contributed by atoms with van der Waals surface area (Å²) < 4.78 is 1.91. The first-order chi connectivity index (χ1) is 9.52. The minimum atomic E-state index is 0.588. The standard InChI is InChI=1S/C15H19N5/c1-5-11-12-14(16)17-18-15(12)20(19-11)13-9(3)6-8(2)7-10(13)4/h6-7H,5H2,1-4H3,(H3,16,17,18). The van der Waals surface area contributed by atoms with Gasteiger partial charge < -0.3 is 5.73 Å². The van der Waals surface area contributed by atoms with E-state index in [1.807, 2.05) is 4.68 Å². The second-order valence-electron chi connectivity index (χ2n) is 5.30. The van der Waals surface area contributed by atoms with Gasteiger partial charge in [-0.1, -0.05) is 24.6 Å². The van der Waals surface area contributed by atoms with Gasteiger partial charge in [-0.2, -0.15) is 10.2 Å². The summed E-state index contributed by atoms with van der Waals surface area (Å²) in [6, 6.07) is 4.33. The second-order valence-corrected chi connectivity index (χ2v) is 5.30. The lowest BCUT2D eigenvalue weighted by Crippen LogP contribution is -2.04. The Hall–Kier alpha value is -2.30. The molecule has 0 unspecified atom stereocenters. The second kappa shape index (κ2) is 4.37. The summed E-state index contributed by atoms with van der Waals surface area (Å²) in [6.07, 6.45) is 0.831. The van der Waals surface area contributed by atoms with E-state index >= 15 is 0 Å². The molecule has 0 saturated carbocycles. The van der Waals surface area contributed by atoms with Gasteiger partial charge in [-0.25, -0.2) is 4.68 Å². The maximum Gasteiger partial charge on any atom is 0.186 e. The van der Waals surface area contributed by atoms with E-state index < -0.39 is 0 Å². The number of aromatic nitrogens is 4. The zero-order valence-electron chi connectivity index (χ0n) is 12.3. The first kappa shape index (κ1) is 12.7. The van der Waals surface area contributed by atoms with E-state index in [-0.39, 0.29) is 0 Å². The van der Waals surface area contributed by atoms with Crippen molar-refractivity contribution >= 4 is 16.9 Å². The number of nitrogens with two attached hydrogens (primary N) is 1. The highest BCUT2D eigenvalue weighted by molar-refractivity contribution is 5.90. The molecule has 2 heterocycles. The van der Waals surface area contributed by atoms with Crippen LogP contribution >= 0.6 is 0 Å². The van der Waals surface area contributed by atoms with Crippen LogP contribution in [0.3, 0.4) is 0 Å². The smallest absolute Gasteiger partial charge is 0.186 e. The van der Waals surface area contributed by atoms with Crippen LogP contribution in [0.25, 0.3) is 16.7 Å². The third kappa shape index (κ3) is 1.70. The van der Waals surface area contributed by atoms with Crippen molar-refractivity contribution in [3.8, 4) is 5.69 Å². The number of rotatable bonds is 2. The number of aromatic amines is 1.